The molecule has 1 aromatic carbocycles. The number of halogens is 1. The van der Waals surface area contributed by atoms with Crippen LogP contribution in [-0.4, -0.2) is 24.8 Å². The first-order valence-electron chi connectivity index (χ1n) is 5.37. The summed E-state index contributed by atoms with van der Waals surface area (Å²) in [6.45, 7) is 1.45. The van der Waals surface area contributed by atoms with Gasteiger partial charge in [-0.05, 0) is 25.1 Å². The number of anilines is 1. The molecule has 0 saturated heterocycles. The van der Waals surface area contributed by atoms with E-state index in [1.807, 2.05) is 0 Å². The highest BCUT2D eigenvalue weighted by Crippen LogP contribution is 2.24. The van der Waals surface area contributed by atoms with Gasteiger partial charge >= 0.3 is 0 Å². The van der Waals surface area contributed by atoms with Crippen LogP contribution in [0.5, 0.6) is 0 Å². The minimum absolute atomic E-state index is 0.00740. The average Bonchev–Trinajstić information content (AvgIpc) is 2.79. The number of hydrogen-bond acceptors (Lipinski definition) is 6. The Balaban J connectivity index is 2.38. The summed E-state index contributed by atoms with van der Waals surface area (Å²) in [7, 11) is -3.32. The van der Waals surface area contributed by atoms with Crippen molar-refractivity contribution in [3.63, 3.8) is 0 Å². The van der Waals surface area contributed by atoms with E-state index in [0.717, 1.165) is 12.3 Å². The third kappa shape index (κ3) is 2.73. The van der Waals surface area contributed by atoms with Crippen LogP contribution in [0.1, 0.15) is 18.0 Å². The molecule has 2 rings (SSSR count). The highest BCUT2D eigenvalue weighted by Gasteiger charge is 2.23. The predicted molar refractivity (Wildman–Crippen MR) is 67.4 cm³/mol. The number of rotatable bonds is 3. The smallest absolute Gasteiger partial charge is 0.258 e. The maximum absolute atomic E-state index is 13.3. The molecule has 1 atom stereocenters. The fraction of sp³-hybridized carbons (Fsp3) is 0.273. The molecule has 0 aliphatic rings. The van der Waals surface area contributed by atoms with Crippen molar-refractivity contribution < 1.29 is 17.3 Å². The molecule has 19 heavy (non-hydrogen) atoms. The third-order valence-corrected chi connectivity index (χ3v) is 4.19. The number of nitrogens with two attached hydrogens (primary N) is 1. The van der Waals surface area contributed by atoms with Crippen molar-refractivity contribution in [1.29, 1.82) is 0 Å². The van der Waals surface area contributed by atoms with Gasteiger partial charge in [0.15, 0.2) is 15.7 Å². The van der Waals surface area contributed by atoms with Crippen LogP contribution in [0.2, 0.25) is 0 Å². The summed E-state index contributed by atoms with van der Waals surface area (Å²) in [5.41, 5.74) is 5.70. The number of sulfone groups is 1. The molecule has 2 N–H and O–H groups in total. The van der Waals surface area contributed by atoms with E-state index >= 15 is 0 Å². The molecule has 0 spiro atoms. The van der Waals surface area contributed by atoms with Crippen LogP contribution in [0.4, 0.5) is 10.1 Å². The van der Waals surface area contributed by atoms with Gasteiger partial charge in [-0.2, -0.15) is 4.98 Å². The Morgan fingerprint density at radius 3 is 2.68 bits per heavy atom. The van der Waals surface area contributed by atoms with Gasteiger partial charge in [-0.1, -0.05) is 5.16 Å². The van der Waals surface area contributed by atoms with Gasteiger partial charge in [0.05, 0.1) is 5.69 Å². The van der Waals surface area contributed by atoms with Crippen molar-refractivity contribution in [1.82, 2.24) is 10.1 Å². The first-order chi connectivity index (χ1) is 8.79. The summed E-state index contributed by atoms with van der Waals surface area (Å²) in [4.78, 5) is 3.95. The lowest BCUT2D eigenvalue weighted by molar-refractivity contribution is 0.421. The van der Waals surface area contributed by atoms with Gasteiger partial charge in [0, 0.05) is 11.8 Å². The van der Waals surface area contributed by atoms with Crippen molar-refractivity contribution in [2.75, 3.05) is 12.0 Å². The Bertz CT molecular complexity index is 712. The van der Waals surface area contributed by atoms with Crippen LogP contribution in [0, 0.1) is 5.82 Å². The van der Waals surface area contributed by atoms with Crippen LogP contribution in [0.15, 0.2) is 22.7 Å². The molecular formula is C11H12FN3O3S. The number of benzene rings is 1. The lowest BCUT2D eigenvalue weighted by atomic mass is 10.2. The van der Waals surface area contributed by atoms with Gasteiger partial charge < -0.3 is 10.3 Å². The van der Waals surface area contributed by atoms with E-state index in [2.05, 4.69) is 10.1 Å². The lowest BCUT2D eigenvalue weighted by Gasteiger charge is -2.01. The molecule has 0 fully saturated rings. The topological polar surface area (TPSA) is 99.1 Å². The molecule has 0 saturated carbocycles. The average molecular weight is 285 g/mol. The normalized spacial score (nSPS) is 13.4. The highest BCUT2D eigenvalue weighted by molar-refractivity contribution is 7.90. The maximum atomic E-state index is 13.3. The summed E-state index contributed by atoms with van der Waals surface area (Å²) >= 11 is 0. The molecule has 0 bridgehead atoms. The molecule has 1 unspecified atom stereocenters. The molecule has 0 aliphatic heterocycles. The van der Waals surface area contributed by atoms with Gasteiger partial charge in [-0.3, -0.25) is 0 Å². The van der Waals surface area contributed by atoms with Crippen molar-refractivity contribution in [3.05, 3.63) is 29.8 Å². The Labute approximate surface area is 109 Å². The summed E-state index contributed by atoms with van der Waals surface area (Å²) in [5.74, 6) is -0.521. The minimum Gasteiger partial charge on any atom is -0.396 e. The standard InChI is InChI=1S/C11H12FN3O3S/c1-6(19(2,16)17)10-14-11(18-15-10)7-3-4-9(13)8(12)5-7/h3-6H,13H2,1-2H3. The van der Waals surface area contributed by atoms with E-state index in [0.29, 0.717) is 5.56 Å². The molecule has 0 radical (unpaired) electrons. The van der Waals surface area contributed by atoms with Crippen LogP contribution < -0.4 is 5.73 Å². The molecule has 1 heterocycles. The van der Waals surface area contributed by atoms with Crippen LogP contribution >= 0.6 is 0 Å². The second kappa shape index (κ2) is 4.61. The molecule has 2 aromatic rings. The zero-order chi connectivity index (χ0) is 14.2. The third-order valence-electron chi connectivity index (χ3n) is 2.69. The van der Waals surface area contributed by atoms with E-state index in [9.17, 15) is 12.8 Å². The van der Waals surface area contributed by atoms with Crippen molar-refractivity contribution in [3.8, 4) is 11.5 Å². The number of hydrogen-bond donors (Lipinski definition) is 1. The van der Waals surface area contributed by atoms with Crippen LogP contribution in [0.3, 0.4) is 0 Å². The monoisotopic (exact) mass is 285 g/mol. The molecular weight excluding hydrogens is 273 g/mol. The van der Waals surface area contributed by atoms with Gasteiger partial charge in [-0.25, -0.2) is 12.8 Å². The Morgan fingerprint density at radius 1 is 1.42 bits per heavy atom. The van der Waals surface area contributed by atoms with Crippen LogP contribution in [0.25, 0.3) is 11.5 Å². The highest BCUT2D eigenvalue weighted by atomic mass is 32.2. The molecule has 6 nitrogen and oxygen atoms in total. The Hall–Kier alpha value is -1.96. The summed E-state index contributed by atoms with van der Waals surface area (Å²) in [6, 6.07) is 4.03. The van der Waals surface area contributed by atoms with E-state index in [-0.39, 0.29) is 17.4 Å². The number of nitrogen functional groups attached to an aromatic ring is 1. The van der Waals surface area contributed by atoms with Gasteiger partial charge in [0.2, 0.25) is 0 Å². The predicted octanol–water partition coefficient (Wildman–Crippen LogP) is 1.56. The van der Waals surface area contributed by atoms with E-state index < -0.39 is 20.9 Å². The summed E-state index contributed by atoms with van der Waals surface area (Å²) < 4.78 is 41.0. The van der Waals surface area contributed by atoms with Gasteiger partial charge in [0.25, 0.3) is 5.89 Å². The summed E-state index contributed by atoms with van der Waals surface area (Å²) in [6.07, 6.45) is 1.08. The molecule has 1 aromatic heterocycles. The largest absolute Gasteiger partial charge is 0.396 e. The second-order valence-corrected chi connectivity index (χ2v) is 6.53. The fourth-order valence-corrected chi connectivity index (χ4v) is 1.85. The Morgan fingerprint density at radius 2 is 2.11 bits per heavy atom. The van der Waals surface area contributed by atoms with E-state index in [1.54, 1.807) is 0 Å². The lowest BCUT2D eigenvalue weighted by Crippen LogP contribution is -2.09. The first kappa shape index (κ1) is 13.5. The van der Waals surface area contributed by atoms with Crippen molar-refractivity contribution in [2.45, 2.75) is 12.2 Å². The minimum atomic E-state index is -3.32. The second-order valence-electron chi connectivity index (χ2n) is 4.17. The van der Waals surface area contributed by atoms with E-state index in [4.69, 9.17) is 10.3 Å². The van der Waals surface area contributed by atoms with Crippen molar-refractivity contribution >= 4 is 15.5 Å². The molecule has 0 aliphatic carbocycles. The zero-order valence-corrected chi connectivity index (χ0v) is 11.1. The first-order valence-corrected chi connectivity index (χ1v) is 7.32. The quantitative estimate of drug-likeness (QED) is 0.859. The van der Waals surface area contributed by atoms with Gasteiger partial charge in [0.1, 0.15) is 11.1 Å². The molecule has 8 heteroatoms. The number of nitrogens with zero attached hydrogens (tertiary/aromatic N) is 2. The Kier molecular flexibility index (Phi) is 3.27. The summed E-state index contributed by atoms with van der Waals surface area (Å²) in [5, 5.41) is 2.71. The molecule has 0 amide bonds. The maximum Gasteiger partial charge on any atom is 0.258 e. The number of aromatic nitrogens is 2. The fourth-order valence-electron chi connectivity index (χ4n) is 1.37. The van der Waals surface area contributed by atoms with E-state index in [1.165, 1.54) is 19.1 Å². The van der Waals surface area contributed by atoms with Gasteiger partial charge in [-0.15, -0.1) is 0 Å². The van der Waals surface area contributed by atoms with Crippen molar-refractivity contribution in [2.24, 2.45) is 0 Å². The zero-order valence-electron chi connectivity index (χ0n) is 10.3. The molecule has 102 valence electrons. The SMILES string of the molecule is CC(c1noc(-c2ccc(N)c(F)c2)n1)S(C)(=O)=O. The van der Waals surface area contributed by atoms with Crippen LogP contribution in [-0.2, 0) is 9.84 Å².